The Balaban J connectivity index is 1.64. The van der Waals surface area contributed by atoms with Crippen molar-refractivity contribution in [2.24, 2.45) is 5.92 Å². The Labute approximate surface area is 189 Å². The smallest absolute Gasteiger partial charge is 0.413 e. The zero-order valence-electron chi connectivity index (χ0n) is 18.6. The van der Waals surface area contributed by atoms with E-state index in [0.29, 0.717) is 35.9 Å². The zero-order valence-corrected chi connectivity index (χ0v) is 19.4. The Bertz CT molecular complexity index is 1040. The lowest BCUT2D eigenvalue weighted by Crippen LogP contribution is -2.37. The molecule has 1 aliphatic heterocycles. The predicted octanol–water partition coefficient (Wildman–Crippen LogP) is 3.95. The molecule has 9 heteroatoms. The predicted molar refractivity (Wildman–Crippen MR) is 123 cm³/mol. The molecule has 0 unspecified atom stereocenters. The largest absolute Gasteiger partial charge is 0.449 e. The number of hydrogen-bond acceptors (Lipinski definition) is 5. The van der Waals surface area contributed by atoms with Gasteiger partial charge >= 0.3 is 6.09 Å². The fraction of sp³-hybridized carbons (Fsp3) is 0.391. The van der Waals surface area contributed by atoms with Gasteiger partial charge in [0.15, 0.2) is 0 Å². The molecule has 1 saturated heterocycles. The van der Waals surface area contributed by atoms with Gasteiger partial charge in [-0.05, 0) is 74.2 Å². The Kier molecular flexibility index (Phi) is 7.52. The summed E-state index contributed by atoms with van der Waals surface area (Å²) < 4.78 is 32.1. The van der Waals surface area contributed by atoms with Gasteiger partial charge in [-0.2, -0.15) is 4.31 Å². The van der Waals surface area contributed by atoms with Crippen LogP contribution in [-0.2, 0) is 14.8 Å². The van der Waals surface area contributed by atoms with Gasteiger partial charge in [-0.25, -0.2) is 13.2 Å². The van der Waals surface area contributed by atoms with Gasteiger partial charge in [-0.3, -0.25) is 9.69 Å². The van der Waals surface area contributed by atoms with Crippen LogP contribution in [0.3, 0.4) is 0 Å². The maximum Gasteiger partial charge on any atom is 0.413 e. The van der Waals surface area contributed by atoms with E-state index in [2.05, 4.69) is 12.2 Å². The average molecular weight is 460 g/mol. The summed E-state index contributed by atoms with van der Waals surface area (Å²) in [5.41, 5.74) is 1.53. The number of sulfonamides is 1. The first kappa shape index (κ1) is 23.7. The van der Waals surface area contributed by atoms with Gasteiger partial charge in [-0.15, -0.1) is 0 Å². The van der Waals surface area contributed by atoms with E-state index in [1.807, 2.05) is 0 Å². The summed E-state index contributed by atoms with van der Waals surface area (Å²) >= 11 is 0. The van der Waals surface area contributed by atoms with Crippen LogP contribution in [0, 0.1) is 5.92 Å². The van der Waals surface area contributed by atoms with Crippen LogP contribution in [0.25, 0.3) is 0 Å². The van der Waals surface area contributed by atoms with Crippen molar-refractivity contribution < 1.29 is 22.7 Å². The number of benzene rings is 2. The number of rotatable bonds is 6. The first-order valence-corrected chi connectivity index (χ1v) is 12.1. The lowest BCUT2D eigenvalue weighted by atomic mass is 10.0. The number of nitrogens with zero attached hydrogens (tertiary/aromatic N) is 2. The molecule has 172 valence electrons. The summed E-state index contributed by atoms with van der Waals surface area (Å²) in [5, 5.41) is 2.77. The van der Waals surface area contributed by atoms with E-state index >= 15 is 0 Å². The van der Waals surface area contributed by atoms with Crippen LogP contribution < -0.4 is 10.2 Å². The van der Waals surface area contributed by atoms with E-state index in [1.165, 1.54) is 33.5 Å². The Morgan fingerprint density at radius 3 is 2.22 bits per heavy atom. The van der Waals surface area contributed by atoms with Gasteiger partial charge in [0, 0.05) is 37.1 Å². The van der Waals surface area contributed by atoms with Crippen molar-refractivity contribution in [1.29, 1.82) is 0 Å². The van der Waals surface area contributed by atoms with Gasteiger partial charge < -0.3 is 10.1 Å². The molecular formula is C23H29N3O5S. The average Bonchev–Trinajstić information content (AvgIpc) is 2.79. The summed E-state index contributed by atoms with van der Waals surface area (Å²) in [6, 6.07) is 12.7. The minimum Gasteiger partial charge on any atom is -0.449 e. The lowest BCUT2D eigenvalue weighted by Gasteiger charge is -2.29. The standard InChI is InChI=1S/C23H29N3O5S/c1-4-31-23(28)25(3)20-9-7-19(8-10-20)24-22(27)18-5-11-21(12-6-18)32(29,30)26-15-13-17(2)14-16-26/h5-12,17H,4,13-16H2,1-3H3,(H,24,27). The minimum absolute atomic E-state index is 0.190. The summed E-state index contributed by atoms with van der Waals surface area (Å²) in [6.07, 6.45) is 1.25. The summed E-state index contributed by atoms with van der Waals surface area (Å²) in [4.78, 5) is 25.9. The van der Waals surface area contributed by atoms with Gasteiger partial charge in [0.1, 0.15) is 0 Å². The first-order chi connectivity index (χ1) is 15.2. The minimum atomic E-state index is -3.55. The quantitative estimate of drug-likeness (QED) is 0.706. The molecule has 2 amide bonds. The highest BCUT2D eigenvalue weighted by atomic mass is 32.2. The van der Waals surface area contributed by atoms with E-state index in [1.54, 1.807) is 38.2 Å². The van der Waals surface area contributed by atoms with Crippen molar-refractivity contribution in [1.82, 2.24) is 4.31 Å². The maximum absolute atomic E-state index is 12.8. The number of carbonyl (C=O) groups excluding carboxylic acids is 2. The maximum atomic E-state index is 12.8. The number of amides is 2. The third kappa shape index (κ3) is 5.46. The van der Waals surface area contributed by atoms with E-state index in [0.717, 1.165) is 12.8 Å². The van der Waals surface area contributed by atoms with E-state index in [-0.39, 0.29) is 17.4 Å². The third-order valence-corrected chi connectivity index (χ3v) is 7.46. The first-order valence-electron chi connectivity index (χ1n) is 10.6. The molecule has 0 aliphatic carbocycles. The highest BCUT2D eigenvalue weighted by Gasteiger charge is 2.28. The number of anilines is 2. The SMILES string of the molecule is CCOC(=O)N(C)c1ccc(NC(=O)c2ccc(S(=O)(=O)N3CCC(C)CC3)cc2)cc1. The fourth-order valence-electron chi connectivity index (χ4n) is 3.45. The molecule has 1 aliphatic rings. The molecule has 8 nitrogen and oxygen atoms in total. The van der Waals surface area contributed by atoms with Gasteiger partial charge in [-0.1, -0.05) is 6.92 Å². The molecule has 3 rings (SSSR count). The highest BCUT2D eigenvalue weighted by molar-refractivity contribution is 7.89. The van der Waals surface area contributed by atoms with Gasteiger partial charge in [0.2, 0.25) is 10.0 Å². The number of carbonyl (C=O) groups is 2. The molecule has 0 bridgehead atoms. The third-order valence-electron chi connectivity index (χ3n) is 5.55. The second kappa shape index (κ2) is 10.1. The molecule has 1 heterocycles. The molecule has 1 N–H and O–H groups in total. The molecule has 32 heavy (non-hydrogen) atoms. The van der Waals surface area contributed by atoms with Crippen LogP contribution in [0.15, 0.2) is 53.4 Å². The zero-order chi connectivity index (χ0) is 23.3. The molecule has 2 aromatic rings. The van der Waals surface area contributed by atoms with Crippen molar-refractivity contribution in [2.75, 3.05) is 37.0 Å². The van der Waals surface area contributed by atoms with E-state index in [4.69, 9.17) is 4.74 Å². The van der Waals surface area contributed by atoms with Crippen LogP contribution in [0.5, 0.6) is 0 Å². The Morgan fingerprint density at radius 1 is 1.06 bits per heavy atom. The van der Waals surface area contributed by atoms with Crippen LogP contribution in [0.4, 0.5) is 16.2 Å². The normalized spacial score (nSPS) is 15.2. The van der Waals surface area contributed by atoms with Crippen LogP contribution in [0.2, 0.25) is 0 Å². The molecule has 2 aromatic carbocycles. The molecule has 0 radical (unpaired) electrons. The van der Waals surface area contributed by atoms with Crippen LogP contribution in [0.1, 0.15) is 37.0 Å². The number of nitrogens with one attached hydrogen (secondary N) is 1. The fourth-order valence-corrected chi connectivity index (χ4v) is 4.92. The van der Waals surface area contributed by atoms with Crippen LogP contribution >= 0.6 is 0 Å². The van der Waals surface area contributed by atoms with Gasteiger partial charge in [0.05, 0.1) is 11.5 Å². The molecule has 0 aromatic heterocycles. The number of hydrogen-bond donors (Lipinski definition) is 1. The molecule has 0 saturated carbocycles. The van der Waals surface area contributed by atoms with Crippen molar-refractivity contribution >= 4 is 33.4 Å². The number of ether oxygens (including phenoxy) is 1. The van der Waals surface area contributed by atoms with E-state index < -0.39 is 16.1 Å². The van der Waals surface area contributed by atoms with Crippen molar-refractivity contribution in [3.8, 4) is 0 Å². The highest BCUT2D eigenvalue weighted by Crippen LogP contribution is 2.24. The van der Waals surface area contributed by atoms with Gasteiger partial charge in [0.25, 0.3) is 5.91 Å². The van der Waals surface area contributed by atoms with Crippen molar-refractivity contribution in [2.45, 2.75) is 31.6 Å². The summed E-state index contributed by atoms with van der Waals surface area (Å²) in [5.74, 6) is 0.180. The van der Waals surface area contributed by atoms with Crippen molar-refractivity contribution in [3.05, 3.63) is 54.1 Å². The molecular weight excluding hydrogens is 430 g/mol. The molecule has 1 fully saturated rings. The van der Waals surface area contributed by atoms with Crippen molar-refractivity contribution in [3.63, 3.8) is 0 Å². The molecule has 0 spiro atoms. The lowest BCUT2D eigenvalue weighted by molar-refractivity contribution is 0.102. The summed E-state index contributed by atoms with van der Waals surface area (Å²) in [6.45, 7) is 5.19. The van der Waals surface area contributed by atoms with E-state index in [9.17, 15) is 18.0 Å². The molecule has 0 atom stereocenters. The Hall–Kier alpha value is -2.91. The second-order valence-corrected chi connectivity index (χ2v) is 9.81. The van der Waals surface area contributed by atoms with Crippen LogP contribution in [-0.4, -0.2) is 51.5 Å². The second-order valence-electron chi connectivity index (χ2n) is 7.87. The Morgan fingerprint density at radius 2 is 1.66 bits per heavy atom. The number of piperidine rings is 1. The topological polar surface area (TPSA) is 96.0 Å². The summed E-state index contributed by atoms with van der Waals surface area (Å²) in [7, 11) is -1.95. The monoisotopic (exact) mass is 459 g/mol.